The van der Waals surface area contributed by atoms with Crippen LogP contribution < -0.4 is 11.3 Å². The van der Waals surface area contributed by atoms with E-state index >= 15 is 0 Å². The van der Waals surface area contributed by atoms with Crippen LogP contribution in [-0.4, -0.2) is 36.4 Å². The number of sulfonamides is 1. The molecule has 4 aromatic carbocycles. The van der Waals surface area contributed by atoms with Crippen molar-refractivity contribution in [2.24, 2.45) is 5.14 Å². The minimum atomic E-state index is -4.64. The standard InChI is InChI=1S/C17H12ClF3N2O2S.C17H14F3N3O2S.H3N/c1-11-7-8-12(9-15(11)26(18,24)25)14-10-16(17(19,20)21)22-23(14)13-5-3-2-4-6-13;1-11-7-8-12(9-15(11)26(21,24)25)14-10-16(17(18,19)20)22-23(14)13-5-3-2-4-6-13;/h2-10H,1H3;2-10H,1H3,(H2,21,24,25);1H3. The summed E-state index contributed by atoms with van der Waals surface area (Å²) in [6.07, 6.45) is -9.27. The Bertz CT molecular complexity index is 2300. The van der Waals surface area contributed by atoms with Crippen molar-refractivity contribution in [1.29, 1.82) is 0 Å². The lowest BCUT2D eigenvalue weighted by Gasteiger charge is -2.10. The van der Waals surface area contributed by atoms with Gasteiger partial charge in [-0.05, 0) is 73.5 Å². The van der Waals surface area contributed by atoms with Gasteiger partial charge < -0.3 is 6.15 Å². The predicted octanol–water partition coefficient (Wildman–Crippen LogP) is 8.47. The van der Waals surface area contributed by atoms with Crippen LogP contribution in [0.25, 0.3) is 33.9 Å². The summed E-state index contributed by atoms with van der Waals surface area (Å²) in [7, 11) is -2.63. The second-order valence-corrected chi connectivity index (χ2v) is 15.3. The molecule has 0 aliphatic rings. The zero-order valence-electron chi connectivity index (χ0n) is 27.6. The summed E-state index contributed by atoms with van der Waals surface area (Å²) in [4.78, 5) is -0.310. The lowest BCUT2D eigenvalue weighted by Crippen LogP contribution is -2.13. The normalized spacial score (nSPS) is 12.1. The van der Waals surface area contributed by atoms with Gasteiger partial charge in [0.2, 0.25) is 10.0 Å². The summed E-state index contributed by atoms with van der Waals surface area (Å²) < 4.78 is 128. The van der Waals surface area contributed by atoms with Crippen LogP contribution in [0.2, 0.25) is 0 Å². The van der Waals surface area contributed by atoms with E-state index in [0.29, 0.717) is 22.5 Å². The number of hydrogen-bond acceptors (Lipinski definition) is 7. The largest absolute Gasteiger partial charge is 0.435 e. The third-order valence-electron chi connectivity index (χ3n) is 7.54. The fourth-order valence-electron chi connectivity index (χ4n) is 5.07. The Balaban J connectivity index is 0.000000232. The van der Waals surface area contributed by atoms with Gasteiger partial charge in [-0.25, -0.2) is 31.3 Å². The van der Waals surface area contributed by atoms with Crippen molar-refractivity contribution >= 4 is 29.8 Å². The molecule has 0 bridgehead atoms. The molecule has 5 N–H and O–H groups in total. The maximum atomic E-state index is 13.2. The van der Waals surface area contributed by atoms with Gasteiger partial charge in [0.25, 0.3) is 9.05 Å². The third-order valence-corrected chi connectivity index (χ3v) is 10.1. The van der Waals surface area contributed by atoms with E-state index < -0.39 is 42.8 Å². The van der Waals surface area contributed by atoms with Gasteiger partial charge in [-0.3, -0.25) is 0 Å². The number of hydrogen-bond donors (Lipinski definition) is 2. The van der Waals surface area contributed by atoms with Crippen LogP contribution in [0, 0.1) is 13.8 Å². The number of para-hydroxylation sites is 2. The maximum absolute atomic E-state index is 13.2. The van der Waals surface area contributed by atoms with Crippen LogP contribution in [0.3, 0.4) is 0 Å². The Hall–Kier alpha value is -5.01. The zero-order chi connectivity index (χ0) is 38.2. The molecule has 0 fully saturated rings. The van der Waals surface area contributed by atoms with E-state index in [9.17, 15) is 43.2 Å². The number of aromatic nitrogens is 4. The molecule has 0 saturated heterocycles. The molecular weight excluding hydrogens is 770 g/mol. The summed E-state index contributed by atoms with van der Waals surface area (Å²) in [5, 5.41) is 12.5. The van der Waals surface area contributed by atoms with Crippen LogP contribution in [0.15, 0.2) is 119 Å². The molecule has 2 aromatic heterocycles. The van der Waals surface area contributed by atoms with Crippen molar-refractivity contribution in [1.82, 2.24) is 25.7 Å². The molecule has 0 aliphatic carbocycles. The van der Waals surface area contributed by atoms with Gasteiger partial charge in [0.15, 0.2) is 11.4 Å². The highest BCUT2D eigenvalue weighted by Gasteiger charge is 2.36. The summed E-state index contributed by atoms with van der Waals surface area (Å²) in [5.41, 5.74) is 0.182. The van der Waals surface area contributed by atoms with E-state index in [4.69, 9.17) is 15.8 Å². The van der Waals surface area contributed by atoms with Crippen molar-refractivity contribution < 1.29 is 43.2 Å². The van der Waals surface area contributed by atoms with Gasteiger partial charge in [0.05, 0.1) is 32.6 Å². The molecule has 10 nitrogen and oxygen atoms in total. The quantitative estimate of drug-likeness (QED) is 0.126. The van der Waals surface area contributed by atoms with Gasteiger partial charge in [0, 0.05) is 21.8 Å². The first kappa shape index (κ1) is 40.8. The summed E-state index contributed by atoms with van der Waals surface area (Å²) in [6, 6.07) is 26.8. The number of nitrogens with zero attached hydrogens (tertiary/aromatic N) is 4. The lowest BCUT2D eigenvalue weighted by molar-refractivity contribution is -0.142. The van der Waals surface area contributed by atoms with Gasteiger partial charge in [0.1, 0.15) is 0 Å². The molecule has 0 aliphatic heterocycles. The number of nitrogens with two attached hydrogens (primary N) is 1. The molecule has 19 heteroatoms. The molecule has 280 valence electrons. The first-order chi connectivity index (χ1) is 24.1. The van der Waals surface area contributed by atoms with Gasteiger partial charge in [-0.1, -0.05) is 60.7 Å². The molecule has 0 unspecified atom stereocenters. The predicted molar refractivity (Wildman–Crippen MR) is 187 cm³/mol. The Morgan fingerprint density at radius 1 is 0.585 bits per heavy atom. The van der Waals surface area contributed by atoms with E-state index in [0.717, 1.165) is 21.5 Å². The molecular formula is C34H29ClF6N6O4S2. The van der Waals surface area contributed by atoms with Gasteiger partial charge >= 0.3 is 12.4 Å². The number of alkyl halides is 6. The van der Waals surface area contributed by atoms with Crippen molar-refractivity contribution in [2.75, 3.05) is 0 Å². The molecule has 0 spiro atoms. The first-order valence-electron chi connectivity index (χ1n) is 14.8. The SMILES string of the molecule is Cc1ccc(-c2cc(C(F)(F)F)nn2-c2ccccc2)cc1S(=O)(=O)Cl.Cc1ccc(-c2cc(C(F)(F)F)nn2-c2ccccc2)cc1S(N)(=O)=O.N. The summed E-state index contributed by atoms with van der Waals surface area (Å²) >= 11 is 0. The second-order valence-electron chi connectivity index (χ2n) is 11.3. The molecule has 0 saturated carbocycles. The fourth-order valence-corrected chi connectivity index (χ4v) is 7.10. The average Bonchev–Trinajstić information content (AvgIpc) is 3.72. The Labute approximate surface area is 304 Å². The van der Waals surface area contributed by atoms with Crippen molar-refractivity contribution in [2.45, 2.75) is 36.0 Å². The number of benzene rings is 4. The molecule has 53 heavy (non-hydrogen) atoms. The van der Waals surface area contributed by atoms with Crippen molar-refractivity contribution in [3.05, 3.63) is 132 Å². The Morgan fingerprint density at radius 2 is 0.943 bits per heavy atom. The molecule has 6 rings (SSSR count). The molecule has 0 radical (unpaired) electrons. The van der Waals surface area contributed by atoms with E-state index in [1.807, 2.05) is 0 Å². The highest BCUT2D eigenvalue weighted by molar-refractivity contribution is 8.13. The third kappa shape index (κ3) is 9.33. The Morgan fingerprint density at radius 3 is 1.28 bits per heavy atom. The van der Waals surface area contributed by atoms with Crippen molar-refractivity contribution in [3.8, 4) is 33.9 Å². The minimum Gasteiger partial charge on any atom is -0.344 e. The molecule has 6 aromatic rings. The zero-order valence-corrected chi connectivity index (χ0v) is 29.9. The minimum absolute atomic E-state index is 0. The average molecular weight is 799 g/mol. The van der Waals surface area contributed by atoms with Crippen LogP contribution in [0.1, 0.15) is 22.5 Å². The highest BCUT2D eigenvalue weighted by Crippen LogP contribution is 2.36. The number of halogens is 7. The number of rotatable bonds is 6. The Kier molecular flexibility index (Phi) is 11.7. The van der Waals surface area contributed by atoms with E-state index in [1.165, 1.54) is 36.4 Å². The van der Waals surface area contributed by atoms with Crippen LogP contribution >= 0.6 is 10.7 Å². The topological polar surface area (TPSA) is 165 Å². The van der Waals surface area contributed by atoms with Gasteiger partial charge in [-0.15, -0.1) is 0 Å². The summed E-state index contributed by atoms with van der Waals surface area (Å²) in [6.45, 7) is 3.10. The monoisotopic (exact) mass is 798 g/mol. The van der Waals surface area contributed by atoms with Crippen LogP contribution in [0.4, 0.5) is 26.3 Å². The van der Waals surface area contributed by atoms with E-state index in [-0.39, 0.29) is 38.5 Å². The maximum Gasteiger partial charge on any atom is 0.435 e. The second kappa shape index (κ2) is 15.2. The van der Waals surface area contributed by atoms with Gasteiger partial charge in [-0.2, -0.15) is 36.5 Å². The van der Waals surface area contributed by atoms with Crippen LogP contribution in [0.5, 0.6) is 0 Å². The van der Waals surface area contributed by atoms with Crippen LogP contribution in [-0.2, 0) is 31.4 Å². The summed E-state index contributed by atoms with van der Waals surface area (Å²) in [5.74, 6) is 0. The fraction of sp³-hybridized carbons (Fsp3) is 0.118. The number of aryl methyl sites for hydroxylation is 2. The lowest BCUT2D eigenvalue weighted by atomic mass is 10.1. The molecule has 0 atom stereocenters. The van der Waals surface area contributed by atoms with E-state index in [2.05, 4.69) is 10.2 Å². The smallest absolute Gasteiger partial charge is 0.344 e. The highest BCUT2D eigenvalue weighted by atomic mass is 35.7. The molecule has 0 amide bonds. The number of primary sulfonamides is 1. The molecule has 2 heterocycles. The first-order valence-corrected chi connectivity index (χ1v) is 18.6. The van der Waals surface area contributed by atoms with E-state index in [1.54, 1.807) is 74.5 Å². The van der Waals surface area contributed by atoms with Crippen molar-refractivity contribution in [3.63, 3.8) is 0 Å².